The molecule has 6 heteroatoms. The van der Waals surface area contributed by atoms with E-state index in [0.717, 1.165) is 0 Å². The Kier molecular flexibility index (Phi) is 3.89. The Hall–Kier alpha value is -0.690. The molecule has 0 bridgehead atoms. The van der Waals surface area contributed by atoms with Gasteiger partial charge in [0.1, 0.15) is 6.04 Å². The van der Waals surface area contributed by atoms with Crippen LogP contribution < -0.4 is 11.3 Å². The van der Waals surface area contributed by atoms with Crippen LogP contribution >= 0.6 is 0 Å². The fraction of sp³-hybridized carbons (Fsp3) is 0.750. The lowest BCUT2D eigenvalue weighted by Gasteiger charge is -2.10. The molecular formula is C4H10N2O4. The van der Waals surface area contributed by atoms with Crippen molar-refractivity contribution in [2.45, 2.75) is 18.8 Å². The van der Waals surface area contributed by atoms with Crippen molar-refractivity contribution in [3.05, 3.63) is 0 Å². The fourth-order valence-corrected chi connectivity index (χ4v) is 0.451. The van der Waals surface area contributed by atoms with Gasteiger partial charge in [0.05, 0.1) is 0 Å². The second kappa shape index (κ2) is 4.18. The van der Waals surface area contributed by atoms with Crippen molar-refractivity contribution in [3.63, 3.8) is 0 Å². The monoisotopic (exact) mass is 150 g/mol. The van der Waals surface area contributed by atoms with Crippen molar-refractivity contribution >= 4 is 5.97 Å². The van der Waals surface area contributed by atoms with Crippen LogP contribution in [0.5, 0.6) is 0 Å². The topological polar surface area (TPSA) is 116 Å². The number of hydrogen-bond donors (Lipinski definition) is 5. The number of carboxylic acids is 1. The van der Waals surface area contributed by atoms with Gasteiger partial charge in [-0.2, -0.15) is 0 Å². The maximum absolute atomic E-state index is 10.1. The van der Waals surface area contributed by atoms with Crippen molar-refractivity contribution in [1.29, 1.82) is 0 Å². The number of hydrazine groups is 1. The van der Waals surface area contributed by atoms with Crippen molar-refractivity contribution in [1.82, 2.24) is 5.43 Å². The zero-order valence-corrected chi connectivity index (χ0v) is 5.19. The first-order chi connectivity index (χ1) is 4.57. The summed E-state index contributed by atoms with van der Waals surface area (Å²) in [5.74, 6) is 3.56. The molecular weight excluding hydrogens is 140 g/mol. The molecule has 10 heavy (non-hydrogen) atoms. The molecule has 0 aromatic heterocycles. The van der Waals surface area contributed by atoms with Crippen LogP contribution in [0.1, 0.15) is 6.42 Å². The van der Waals surface area contributed by atoms with Crippen LogP contribution in [-0.2, 0) is 4.79 Å². The highest BCUT2D eigenvalue weighted by Gasteiger charge is 2.17. The van der Waals surface area contributed by atoms with Crippen molar-refractivity contribution in [3.8, 4) is 0 Å². The van der Waals surface area contributed by atoms with Crippen LogP contribution in [-0.4, -0.2) is 33.6 Å². The Morgan fingerprint density at radius 2 is 2.10 bits per heavy atom. The van der Waals surface area contributed by atoms with E-state index >= 15 is 0 Å². The van der Waals surface area contributed by atoms with Crippen molar-refractivity contribution < 1.29 is 20.1 Å². The van der Waals surface area contributed by atoms with Gasteiger partial charge in [-0.3, -0.25) is 10.6 Å². The lowest BCUT2D eigenvalue weighted by atomic mass is 10.2. The van der Waals surface area contributed by atoms with Crippen LogP contribution in [0, 0.1) is 0 Å². The van der Waals surface area contributed by atoms with E-state index in [0.29, 0.717) is 0 Å². The van der Waals surface area contributed by atoms with Gasteiger partial charge >= 0.3 is 5.97 Å². The predicted octanol–water partition coefficient (Wildman–Crippen LogP) is -2.40. The second-order valence-corrected chi connectivity index (χ2v) is 1.77. The SMILES string of the molecule is NNC(CC(O)O)C(=O)O. The third-order valence-electron chi connectivity index (χ3n) is 0.946. The molecule has 0 aromatic carbocycles. The Labute approximate surface area is 57.2 Å². The van der Waals surface area contributed by atoms with Gasteiger partial charge in [0.25, 0.3) is 0 Å². The normalized spacial score (nSPS) is 13.6. The van der Waals surface area contributed by atoms with Gasteiger partial charge < -0.3 is 15.3 Å². The largest absolute Gasteiger partial charge is 0.480 e. The molecule has 6 N–H and O–H groups in total. The first-order valence-electron chi connectivity index (χ1n) is 2.63. The summed E-state index contributed by atoms with van der Waals surface area (Å²) < 4.78 is 0. The van der Waals surface area contributed by atoms with Crippen LogP contribution in [0.4, 0.5) is 0 Å². The number of aliphatic hydroxyl groups is 2. The number of hydrogen-bond acceptors (Lipinski definition) is 5. The lowest BCUT2D eigenvalue weighted by molar-refractivity contribution is -0.142. The average Bonchev–Trinajstić information content (AvgIpc) is 1.81. The number of carbonyl (C=O) groups is 1. The first-order valence-corrected chi connectivity index (χ1v) is 2.63. The summed E-state index contributed by atoms with van der Waals surface area (Å²) in [6, 6.07) is -1.11. The van der Waals surface area contributed by atoms with E-state index in [9.17, 15) is 4.79 Å². The van der Waals surface area contributed by atoms with Crippen LogP contribution in [0.3, 0.4) is 0 Å². The number of nitrogens with one attached hydrogen (secondary N) is 1. The minimum absolute atomic E-state index is 0.328. The Bertz CT molecular complexity index is 116. The third-order valence-corrected chi connectivity index (χ3v) is 0.946. The highest BCUT2D eigenvalue weighted by atomic mass is 16.5. The molecule has 0 aromatic rings. The second-order valence-electron chi connectivity index (χ2n) is 1.77. The van der Waals surface area contributed by atoms with E-state index in [1.165, 1.54) is 0 Å². The van der Waals surface area contributed by atoms with Gasteiger partial charge in [-0.05, 0) is 0 Å². The summed E-state index contributed by atoms with van der Waals surface area (Å²) in [7, 11) is 0. The Balaban J connectivity index is 3.72. The number of carboxylic acid groups (broad SMARTS) is 1. The van der Waals surface area contributed by atoms with Gasteiger partial charge in [0, 0.05) is 6.42 Å². The number of nitrogens with two attached hydrogens (primary N) is 1. The lowest BCUT2D eigenvalue weighted by Crippen LogP contribution is -2.43. The van der Waals surface area contributed by atoms with Gasteiger partial charge in [-0.15, -0.1) is 0 Å². The van der Waals surface area contributed by atoms with E-state index < -0.39 is 18.3 Å². The number of aliphatic carboxylic acids is 1. The first kappa shape index (κ1) is 9.31. The number of rotatable bonds is 4. The molecule has 0 saturated heterocycles. The molecule has 0 amide bonds. The summed E-state index contributed by atoms with van der Waals surface area (Å²) >= 11 is 0. The summed E-state index contributed by atoms with van der Waals surface area (Å²) in [5, 5.41) is 24.9. The zero-order chi connectivity index (χ0) is 8.15. The van der Waals surface area contributed by atoms with Crippen molar-refractivity contribution in [2.75, 3.05) is 0 Å². The van der Waals surface area contributed by atoms with Gasteiger partial charge in [0.15, 0.2) is 6.29 Å². The molecule has 0 spiro atoms. The summed E-state index contributed by atoms with van der Waals surface area (Å²) in [6.45, 7) is 0. The van der Waals surface area contributed by atoms with Gasteiger partial charge in [0.2, 0.25) is 0 Å². The van der Waals surface area contributed by atoms with E-state index in [4.69, 9.17) is 21.2 Å². The van der Waals surface area contributed by atoms with Crippen LogP contribution in [0.2, 0.25) is 0 Å². The van der Waals surface area contributed by atoms with E-state index in [-0.39, 0.29) is 6.42 Å². The highest BCUT2D eigenvalue weighted by Crippen LogP contribution is 1.93. The van der Waals surface area contributed by atoms with Crippen molar-refractivity contribution in [2.24, 2.45) is 5.84 Å². The molecule has 0 rings (SSSR count). The summed E-state index contributed by atoms with van der Waals surface area (Å²) in [6.07, 6.45) is -1.98. The molecule has 1 atom stereocenters. The third kappa shape index (κ3) is 3.36. The minimum Gasteiger partial charge on any atom is -0.480 e. The van der Waals surface area contributed by atoms with Gasteiger partial charge in [-0.25, -0.2) is 5.43 Å². The predicted molar refractivity (Wildman–Crippen MR) is 31.6 cm³/mol. The molecule has 60 valence electrons. The Morgan fingerprint density at radius 1 is 1.60 bits per heavy atom. The molecule has 0 aliphatic heterocycles. The molecule has 1 unspecified atom stereocenters. The fourth-order valence-electron chi connectivity index (χ4n) is 0.451. The standard InChI is InChI=1S/C4H10N2O4/c5-6-2(4(9)10)1-3(7)8/h2-3,6-8H,1,5H2,(H,9,10). The quantitative estimate of drug-likeness (QED) is 0.173. The maximum atomic E-state index is 10.1. The van der Waals surface area contributed by atoms with Gasteiger partial charge in [-0.1, -0.05) is 0 Å². The summed E-state index contributed by atoms with van der Waals surface area (Å²) in [4.78, 5) is 10.1. The molecule has 0 fully saturated rings. The molecule has 0 saturated carbocycles. The molecule has 0 heterocycles. The molecule has 6 nitrogen and oxygen atoms in total. The van der Waals surface area contributed by atoms with E-state index in [1.807, 2.05) is 5.43 Å². The highest BCUT2D eigenvalue weighted by molar-refractivity contribution is 5.73. The smallest absolute Gasteiger partial charge is 0.322 e. The van der Waals surface area contributed by atoms with Crippen LogP contribution in [0.25, 0.3) is 0 Å². The number of aliphatic hydroxyl groups excluding tert-OH is 1. The Morgan fingerprint density at radius 3 is 2.20 bits per heavy atom. The molecule has 0 aliphatic carbocycles. The maximum Gasteiger partial charge on any atom is 0.322 e. The van der Waals surface area contributed by atoms with Crippen LogP contribution in [0.15, 0.2) is 0 Å². The minimum atomic E-state index is -1.66. The zero-order valence-electron chi connectivity index (χ0n) is 5.19. The average molecular weight is 150 g/mol. The van der Waals surface area contributed by atoms with E-state index in [1.54, 1.807) is 0 Å². The summed E-state index contributed by atoms with van der Waals surface area (Å²) in [5.41, 5.74) is 1.91. The van der Waals surface area contributed by atoms with E-state index in [2.05, 4.69) is 0 Å². The molecule has 0 aliphatic rings. The molecule has 0 radical (unpaired) electrons.